The monoisotopic (exact) mass is 203 g/mol. The second kappa shape index (κ2) is 4.00. The van der Waals surface area contributed by atoms with Gasteiger partial charge in [-0.25, -0.2) is 13.2 Å². The van der Waals surface area contributed by atoms with Crippen molar-refractivity contribution in [3.8, 4) is 0 Å². The summed E-state index contributed by atoms with van der Waals surface area (Å²) in [4.78, 5) is 0. The lowest BCUT2D eigenvalue weighted by Crippen LogP contribution is -2.40. The third-order valence-corrected chi connectivity index (χ3v) is 2.02. The molecule has 1 aromatic rings. The summed E-state index contributed by atoms with van der Waals surface area (Å²) in [5.74, 6) is -3.38. The zero-order chi connectivity index (χ0) is 10.8. The van der Waals surface area contributed by atoms with Gasteiger partial charge in [0.25, 0.3) is 5.92 Å². The highest BCUT2D eigenvalue weighted by atomic mass is 19.3. The first-order valence-corrected chi connectivity index (χ1v) is 4.29. The van der Waals surface area contributed by atoms with Gasteiger partial charge in [0.2, 0.25) is 0 Å². The van der Waals surface area contributed by atoms with E-state index in [0.29, 0.717) is 5.56 Å². The van der Waals surface area contributed by atoms with Crippen LogP contribution < -0.4 is 5.73 Å². The molecule has 1 atom stereocenters. The van der Waals surface area contributed by atoms with Gasteiger partial charge in [0, 0.05) is 6.42 Å². The van der Waals surface area contributed by atoms with E-state index in [1.54, 1.807) is 0 Å². The van der Waals surface area contributed by atoms with Gasteiger partial charge in [0.15, 0.2) is 0 Å². The Kier molecular flexibility index (Phi) is 3.16. The van der Waals surface area contributed by atoms with Crippen LogP contribution in [0.3, 0.4) is 0 Å². The summed E-state index contributed by atoms with van der Waals surface area (Å²) in [5, 5.41) is 0. The van der Waals surface area contributed by atoms with E-state index in [1.807, 2.05) is 0 Å². The predicted octanol–water partition coefficient (Wildman–Crippen LogP) is 2.35. The summed E-state index contributed by atoms with van der Waals surface area (Å²) < 4.78 is 38.7. The summed E-state index contributed by atoms with van der Waals surface area (Å²) in [6, 6.07) is 3.80. The SMILES string of the molecule is CC(N)C(F)(F)Cc1ccc(F)cc1. The van der Waals surface area contributed by atoms with Gasteiger partial charge in [0.05, 0.1) is 6.04 Å². The van der Waals surface area contributed by atoms with Crippen molar-refractivity contribution in [1.82, 2.24) is 0 Å². The molecule has 1 nitrogen and oxygen atoms in total. The van der Waals surface area contributed by atoms with E-state index in [-0.39, 0.29) is 0 Å². The highest BCUT2D eigenvalue weighted by molar-refractivity contribution is 5.17. The molecule has 0 bridgehead atoms. The molecule has 0 saturated carbocycles. The molecule has 0 radical (unpaired) electrons. The minimum atomic E-state index is -2.95. The fourth-order valence-electron chi connectivity index (χ4n) is 1.04. The molecular weight excluding hydrogens is 191 g/mol. The first-order valence-electron chi connectivity index (χ1n) is 4.29. The predicted molar refractivity (Wildman–Crippen MR) is 48.7 cm³/mol. The average Bonchev–Trinajstić information content (AvgIpc) is 2.08. The Morgan fingerprint density at radius 2 is 1.79 bits per heavy atom. The first-order chi connectivity index (χ1) is 6.42. The summed E-state index contributed by atoms with van der Waals surface area (Å²) >= 11 is 0. The molecule has 0 amide bonds. The minimum absolute atomic E-state index is 0.383. The van der Waals surface area contributed by atoms with Crippen molar-refractivity contribution in [3.63, 3.8) is 0 Å². The van der Waals surface area contributed by atoms with Gasteiger partial charge in [0.1, 0.15) is 5.82 Å². The lowest BCUT2D eigenvalue weighted by atomic mass is 10.0. The number of nitrogens with two attached hydrogens (primary N) is 1. The van der Waals surface area contributed by atoms with E-state index in [9.17, 15) is 13.2 Å². The van der Waals surface area contributed by atoms with Crippen molar-refractivity contribution < 1.29 is 13.2 Å². The topological polar surface area (TPSA) is 26.0 Å². The maximum Gasteiger partial charge on any atom is 0.266 e. The van der Waals surface area contributed by atoms with Crippen LogP contribution in [0.25, 0.3) is 0 Å². The quantitative estimate of drug-likeness (QED) is 0.801. The van der Waals surface area contributed by atoms with Crippen LogP contribution in [0, 0.1) is 5.82 Å². The Bertz CT molecular complexity index is 293. The maximum absolute atomic E-state index is 13.1. The molecule has 0 aliphatic rings. The molecule has 0 aliphatic carbocycles. The Hall–Kier alpha value is -1.03. The molecule has 0 aliphatic heterocycles. The average molecular weight is 203 g/mol. The molecule has 0 fully saturated rings. The van der Waals surface area contributed by atoms with Crippen LogP contribution >= 0.6 is 0 Å². The number of hydrogen-bond acceptors (Lipinski definition) is 1. The van der Waals surface area contributed by atoms with Crippen LogP contribution in [0.2, 0.25) is 0 Å². The van der Waals surface area contributed by atoms with E-state index < -0.39 is 24.2 Å². The van der Waals surface area contributed by atoms with Crippen molar-refractivity contribution >= 4 is 0 Å². The van der Waals surface area contributed by atoms with Crippen molar-refractivity contribution in [2.45, 2.75) is 25.3 Å². The molecule has 0 aromatic heterocycles. The van der Waals surface area contributed by atoms with Gasteiger partial charge in [-0.2, -0.15) is 0 Å². The number of alkyl halides is 2. The molecule has 14 heavy (non-hydrogen) atoms. The van der Waals surface area contributed by atoms with Crippen molar-refractivity contribution in [2.75, 3.05) is 0 Å². The number of halogens is 3. The smallest absolute Gasteiger partial charge is 0.266 e. The van der Waals surface area contributed by atoms with Gasteiger partial charge in [-0.3, -0.25) is 0 Å². The number of benzene rings is 1. The molecular formula is C10H12F3N. The van der Waals surface area contributed by atoms with Gasteiger partial charge < -0.3 is 5.73 Å². The van der Waals surface area contributed by atoms with Gasteiger partial charge in [-0.05, 0) is 24.6 Å². The summed E-state index contributed by atoms with van der Waals surface area (Å²) in [7, 11) is 0. The van der Waals surface area contributed by atoms with Crippen LogP contribution in [0.15, 0.2) is 24.3 Å². The zero-order valence-corrected chi connectivity index (χ0v) is 7.81. The van der Waals surface area contributed by atoms with Gasteiger partial charge in [-0.1, -0.05) is 12.1 Å². The Balaban J connectivity index is 2.74. The van der Waals surface area contributed by atoms with E-state index in [1.165, 1.54) is 19.1 Å². The van der Waals surface area contributed by atoms with E-state index in [2.05, 4.69) is 0 Å². The molecule has 1 rings (SSSR count). The van der Waals surface area contributed by atoms with Crippen molar-refractivity contribution in [2.24, 2.45) is 5.73 Å². The van der Waals surface area contributed by atoms with E-state index in [0.717, 1.165) is 12.1 Å². The molecule has 78 valence electrons. The molecule has 0 heterocycles. The molecule has 0 spiro atoms. The first kappa shape index (κ1) is 11.0. The highest BCUT2D eigenvalue weighted by Gasteiger charge is 2.33. The van der Waals surface area contributed by atoms with E-state index >= 15 is 0 Å². The minimum Gasteiger partial charge on any atom is -0.323 e. The highest BCUT2D eigenvalue weighted by Crippen LogP contribution is 2.22. The number of rotatable bonds is 3. The summed E-state index contributed by atoms with van der Waals surface area (Å²) in [5.41, 5.74) is 5.51. The van der Waals surface area contributed by atoms with E-state index in [4.69, 9.17) is 5.73 Å². The molecule has 1 aromatic carbocycles. The molecule has 1 unspecified atom stereocenters. The fourth-order valence-corrected chi connectivity index (χ4v) is 1.04. The number of hydrogen-bond donors (Lipinski definition) is 1. The lowest BCUT2D eigenvalue weighted by molar-refractivity contribution is -0.0190. The summed E-state index contributed by atoms with van der Waals surface area (Å²) in [6.45, 7) is 1.25. The Morgan fingerprint density at radius 3 is 2.21 bits per heavy atom. The lowest BCUT2D eigenvalue weighted by Gasteiger charge is -2.20. The fraction of sp³-hybridized carbons (Fsp3) is 0.400. The summed E-state index contributed by atoms with van der Waals surface area (Å²) in [6.07, 6.45) is -0.453. The van der Waals surface area contributed by atoms with Crippen molar-refractivity contribution in [1.29, 1.82) is 0 Å². The maximum atomic E-state index is 13.1. The van der Waals surface area contributed by atoms with Gasteiger partial charge >= 0.3 is 0 Å². The van der Waals surface area contributed by atoms with Crippen LogP contribution in [-0.4, -0.2) is 12.0 Å². The Labute approximate surface area is 80.7 Å². The van der Waals surface area contributed by atoms with Crippen LogP contribution in [0.1, 0.15) is 12.5 Å². The largest absolute Gasteiger partial charge is 0.323 e. The molecule has 4 heteroatoms. The van der Waals surface area contributed by atoms with Crippen LogP contribution in [-0.2, 0) is 6.42 Å². The normalized spacial score (nSPS) is 14.1. The zero-order valence-electron chi connectivity index (χ0n) is 7.81. The second-order valence-electron chi connectivity index (χ2n) is 3.35. The Morgan fingerprint density at radius 1 is 1.29 bits per heavy atom. The third-order valence-electron chi connectivity index (χ3n) is 2.02. The second-order valence-corrected chi connectivity index (χ2v) is 3.35. The standard InChI is InChI=1S/C10H12F3N/c1-7(14)10(12,13)6-8-2-4-9(11)5-3-8/h2-5,7H,6,14H2,1H3. The van der Waals surface area contributed by atoms with Crippen LogP contribution in [0.4, 0.5) is 13.2 Å². The van der Waals surface area contributed by atoms with Gasteiger partial charge in [-0.15, -0.1) is 0 Å². The third kappa shape index (κ3) is 2.73. The molecule has 2 N–H and O–H groups in total. The van der Waals surface area contributed by atoms with Crippen molar-refractivity contribution in [3.05, 3.63) is 35.6 Å². The molecule has 0 saturated heterocycles. The van der Waals surface area contributed by atoms with Crippen LogP contribution in [0.5, 0.6) is 0 Å².